The van der Waals surface area contributed by atoms with Crippen LogP contribution in [0.5, 0.6) is 0 Å². The first-order valence-corrected chi connectivity index (χ1v) is 6.22. The second-order valence-corrected chi connectivity index (χ2v) is 4.99. The summed E-state index contributed by atoms with van der Waals surface area (Å²) in [6, 6.07) is 0. The molecular formula is C11H16N4S. The van der Waals surface area contributed by atoms with Gasteiger partial charge in [-0.25, -0.2) is 4.98 Å². The van der Waals surface area contributed by atoms with E-state index < -0.39 is 0 Å². The lowest BCUT2D eigenvalue weighted by Gasteiger charge is -1.98. The summed E-state index contributed by atoms with van der Waals surface area (Å²) in [7, 11) is 1.93. The molecule has 2 aromatic heterocycles. The van der Waals surface area contributed by atoms with Gasteiger partial charge >= 0.3 is 0 Å². The van der Waals surface area contributed by atoms with Crippen LogP contribution in [-0.4, -0.2) is 14.8 Å². The van der Waals surface area contributed by atoms with Crippen molar-refractivity contribution in [2.75, 3.05) is 5.73 Å². The van der Waals surface area contributed by atoms with Gasteiger partial charge in [-0.2, -0.15) is 5.10 Å². The van der Waals surface area contributed by atoms with Crippen LogP contribution in [0.15, 0.2) is 12.4 Å². The molecule has 0 atom stereocenters. The largest absolute Gasteiger partial charge is 0.375 e. The molecule has 16 heavy (non-hydrogen) atoms. The smallest absolute Gasteiger partial charge is 0.180 e. The van der Waals surface area contributed by atoms with Crippen molar-refractivity contribution in [3.05, 3.63) is 28.5 Å². The number of nitrogens with zero attached hydrogens (tertiary/aromatic N) is 3. The monoisotopic (exact) mass is 236 g/mol. The standard InChI is InChI=1S/C11H16N4S/c1-3-4-9-10(16-11(12)14-9)5-8-6-13-15(2)7-8/h6-7H,3-5H2,1-2H3,(H2,12,14). The van der Waals surface area contributed by atoms with Crippen molar-refractivity contribution in [1.82, 2.24) is 14.8 Å². The predicted octanol–water partition coefficient (Wildman–Crippen LogP) is 2.00. The first-order chi connectivity index (χ1) is 7.69. The van der Waals surface area contributed by atoms with Crippen LogP contribution >= 0.6 is 11.3 Å². The Morgan fingerprint density at radius 3 is 2.94 bits per heavy atom. The summed E-state index contributed by atoms with van der Waals surface area (Å²) >= 11 is 1.59. The second-order valence-electron chi connectivity index (χ2n) is 3.87. The van der Waals surface area contributed by atoms with Gasteiger partial charge in [-0.05, 0) is 12.0 Å². The molecule has 5 heteroatoms. The lowest BCUT2D eigenvalue weighted by atomic mass is 10.1. The Morgan fingerprint density at radius 1 is 1.50 bits per heavy atom. The van der Waals surface area contributed by atoms with Crippen LogP contribution in [0.1, 0.15) is 29.5 Å². The van der Waals surface area contributed by atoms with Gasteiger partial charge in [-0.15, -0.1) is 11.3 Å². The first kappa shape index (κ1) is 11.1. The minimum atomic E-state index is 0.669. The number of anilines is 1. The minimum Gasteiger partial charge on any atom is -0.375 e. The minimum absolute atomic E-state index is 0.669. The molecule has 2 heterocycles. The molecule has 86 valence electrons. The van der Waals surface area contributed by atoms with E-state index in [2.05, 4.69) is 17.0 Å². The summed E-state index contributed by atoms with van der Waals surface area (Å²) in [6.07, 6.45) is 6.92. The third-order valence-electron chi connectivity index (χ3n) is 2.40. The predicted molar refractivity (Wildman–Crippen MR) is 66.5 cm³/mol. The summed E-state index contributed by atoms with van der Waals surface area (Å²) in [4.78, 5) is 5.64. The highest BCUT2D eigenvalue weighted by atomic mass is 32.1. The maximum Gasteiger partial charge on any atom is 0.180 e. The Kier molecular flexibility index (Phi) is 3.24. The van der Waals surface area contributed by atoms with Crippen molar-refractivity contribution in [3.63, 3.8) is 0 Å². The number of nitrogens with two attached hydrogens (primary N) is 1. The van der Waals surface area contributed by atoms with Gasteiger partial charge in [0.1, 0.15) is 0 Å². The summed E-state index contributed by atoms with van der Waals surface area (Å²) in [5.41, 5.74) is 8.11. The van der Waals surface area contributed by atoms with Crippen LogP contribution in [0, 0.1) is 0 Å². The SMILES string of the molecule is CCCc1nc(N)sc1Cc1cnn(C)c1. The first-order valence-electron chi connectivity index (χ1n) is 5.40. The van der Waals surface area contributed by atoms with Gasteiger partial charge < -0.3 is 5.73 Å². The molecule has 0 amide bonds. The van der Waals surface area contributed by atoms with E-state index in [9.17, 15) is 0 Å². The fraction of sp³-hybridized carbons (Fsp3) is 0.455. The van der Waals surface area contributed by atoms with Gasteiger partial charge in [0.25, 0.3) is 0 Å². The quantitative estimate of drug-likeness (QED) is 0.883. The number of rotatable bonds is 4. The molecule has 0 aliphatic rings. The van der Waals surface area contributed by atoms with E-state index in [0.717, 1.165) is 25.0 Å². The van der Waals surface area contributed by atoms with Gasteiger partial charge in [-0.1, -0.05) is 13.3 Å². The van der Waals surface area contributed by atoms with Crippen molar-refractivity contribution in [1.29, 1.82) is 0 Å². The van der Waals surface area contributed by atoms with Crippen LogP contribution in [-0.2, 0) is 19.9 Å². The molecule has 0 saturated heterocycles. The Hall–Kier alpha value is -1.36. The zero-order valence-electron chi connectivity index (χ0n) is 9.60. The Balaban J connectivity index is 2.19. The normalized spacial score (nSPS) is 10.9. The number of thiazole rings is 1. The molecule has 2 N–H and O–H groups in total. The molecule has 0 unspecified atom stereocenters. The van der Waals surface area contributed by atoms with E-state index in [0.29, 0.717) is 5.13 Å². The molecule has 4 nitrogen and oxygen atoms in total. The average molecular weight is 236 g/mol. The fourth-order valence-electron chi connectivity index (χ4n) is 1.72. The number of nitrogen functional groups attached to an aromatic ring is 1. The summed E-state index contributed by atoms with van der Waals surface area (Å²) in [6.45, 7) is 2.16. The molecule has 0 bridgehead atoms. The van der Waals surface area contributed by atoms with E-state index in [1.807, 2.05) is 24.1 Å². The summed E-state index contributed by atoms with van der Waals surface area (Å²) in [5.74, 6) is 0. The molecule has 0 aliphatic carbocycles. The highest BCUT2D eigenvalue weighted by Crippen LogP contribution is 2.24. The number of hydrogen-bond acceptors (Lipinski definition) is 4. The number of aromatic nitrogens is 3. The molecule has 0 fully saturated rings. The van der Waals surface area contributed by atoms with Crippen molar-refractivity contribution in [2.24, 2.45) is 7.05 Å². The van der Waals surface area contributed by atoms with E-state index in [4.69, 9.17) is 5.73 Å². The molecule has 0 aromatic carbocycles. The van der Waals surface area contributed by atoms with E-state index in [-0.39, 0.29) is 0 Å². The van der Waals surface area contributed by atoms with Crippen molar-refractivity contribution < 1.29 is 0 Å². The van der Waals surface area contributed by atoms with Gasteiger partial charge in [0, 0.05) is 24.5 Å². The van der Waals surface area contributed by atoms with Crippen molar-refractivity contribution >= 4 is 16.5 Å². The van der Waals surface area contributed by atoms with Crippen molar-refractivity contribution in [2.45, 2.75) is 26.2 Å². The third kappa shape index (κ3) is 2.41. The van der Waals surface area contributed by atoms with E-state index >= 15 is 0 Å². The van der Waals surface area contributed by atoms with Gasteiger partial charge in [0.2, 0.25) is 0 Å². The molecular weight excluding hydrogens is 220 g/mol. The summed E-state index contributed by atoms with van der Waals surface area (Å²) < 4.78 is 1.82. The van der Waals surface area contributed by atoms with Crippen LogP contribution in [0.2, 0.25) is 0 Å². The molecule has 2 rings (SSSR count). The number of hydrogen-bond donors (Lipinski definition) is 1. The lowest BCUT2D eigenvalue weighted by Crippen LogP contribution is -1.92. The van der Waals surface area contributed by atoms with Crippen LogP contribution in [0.4, 0.5) is 5.13 Å². The van der Waals surface area contributed by atoms with Crippen LogP contribution < -0.4 is 5.73 Å². The number of aryl methyl sites for hydroxylation is 2. The Bertz CT molecular complexity index is 472. The second kappa shape index (κ2) is 4.65. The third-order valence-corrected chi connectivity index (χ3v) is 3.33. The highest BCUT2D eigenvalue weighted by molar-refractivity contribution is 7.15. The zero-order valence-corrected chi connectivity index (χ0v) is 10.4. The maximum absolute atomic E-state index is 5.76. The topological polar surface area (TPSA) is 56.7 Å². The molecule has 0 aliphatic heterocycles. The molecule has 0 spiro atoms. The Morgan fingerprint density at radius 2 is 2.31 bits per heavy atom. The Labute approximate surface area is 99.1 Å². The van der Waals surface area contributed by atoms with Crippen LogP contribution in [0.3, 0.4) is 0 Å². The summed E-state index contributed by atoms with van der Waals surface area (Å²) in [5, 5.41) is 4.83. The van der Waals surface area contributed by atoms with Crippen LogP contribution in [0.25, 0.3) is 0 Å². The van der Waals surface area contributed by atoms with Gasteiger partial charge in [0.15, 0.2) is 5.13 Å². The molecule has 2 aromatic rings. The maximum atomic E-state index is 5.76. The molecule has 0 radical (unpaired) electrons. The zero-order chi connectivity index (χ0) is 11.5. The molecule has 0 saturated carbocycles. The average Bonchev–Trinajstić information content (AvgIpc) is 2.76. The van der Waals surface area contributed by atoms with Crippen molar-refractivity contribution in [3.8, 4) is 0 Å². The fourth-order valence-corrected chi connectivity index (χ4v) is 2.63. The van der Waals surface area contributed by atoms with Gasteiger partial charge in [0.05, 0.1) is 11.9 Å². The van der Waals surface area contributed by atoms with Gasteiger partial charge in [-0.3, -0.25) is 4.68 Å². The van der Waals surface area contributed by atoms with E-state index in [1.165, 1.54) is 10.4 Å². The highest BCUT2D eigenvalue weighted by Gasteiger charge is 2.10. The lowest BCUT2D eigenvalue weighted by molar-refractivity contribution is 0.767. The van der Waals surface area contributed by atoms with E-state index in [1.54, 1.807) is 11.3 Å².